The first-order valence-electron chi connectivity index (χ1n) is 6.29. The number of nitrogens with one attached hydrogen (secondary N) is 2. The average Bonchev–Trinajstić information content (AvgIpc) is 2.58. The Morgan fingerprint density at radius 1 is 1.19 bits per heavy atom. The number of pyridine rings is 1. The summed E-state index contributed by atoms with van der Waals surface area (Å²) in [5.41, 5.74) is 1.19. The predicted molar refractivity (Wildman–Crippen MR) is 68.9 cm³/mol. The molecule has 0 aromatic carbocycles. The quantitative estimate of drug-likeness (QED) is 0.766. The third-order valence-electron chi connectivity index (χ3n) is 3.24. The van der Waals surface area contributed by atoms with Gasteiger partial charge in [-0.1, -0.05) is 25.7 Å². The average molecular weight is 219 g/mol. The van der Waals surface area contributed by atoms with E-state index in [1.165, 1.54) is 44.2 Å². The van der Waals surface area contributed by atoms with Crippen LogP contribution in [0.1, 0.15) is 38.5 Å². The van der Waals surface area contributed by atoms with Gasteiger partial charge in [0.1, 0.15) is 5.82 Å². The van der Waals surface area contributed by atoms with E-state index < -0.39 is 0 Å². The molecule has 0 saturated heterocycles. The van der Waals surface area contributed by atoms with E-state index in [9.17, 15) is 0 Å². The fourth-order valence-electron chi connectivity index (χ4n) is 2.32. The van der Waals surface area contributed by atoms with Crippen molar-refractivity contribution in [2.75, 3.05) is 17.7 Å². The summed E-state index contributed by atoms with van der Waals surface area (Å²) in [7, 11) is 1.90. The molecule has 0 spiro atoms. The van der Waals surface area contributed by atoms with Crippen LogP contribution >= 0.6 is 0 Å². The van der Waals surface area contributed by atoms with Crippen molar-refractivity contribution in [2.24, 2.45) is 0 Å². The zero-order chi connectivity index (χ0) is 11.2. The lowest BCUT2D eigenvalue weighted by atomic mass is 10.1. The van der Waals surface area contributed by atoms with Crippen LogP contribution in [0.4, 0.5) is 11.5 Å². The third-order valence-corrected chi connectivity index (χ3v) is 3.24. The van der Waals surface area contributed by atoms with Crippen LogP contribution in [0.25, 0.3) is 0 Å². The van der Waals surface area contributed by atoms with Gasteiger partial charge in [-0.25, -0.2) is 4.98 Å². The minimum Gasteiger partial charge on any atom is -0.382 e. The summed E-state index contributed by atoms with van der Waals surface area (Å²) in [6, 6.07) is 4.77. The van der Waals surface area contributed by atoms with Gasteiger partial charge in [0.05, 0.1) is 0 Å². The Bertz CT molecular complexity index is 317. The number of rotatable bonds is 3. The van der Waals surface area contributed by atoms with E-state index in [2.05, 4.69) is 21.7 Å². The summed E-state index contributed by atoms with van der Waals surface area (Å²) in [5.74, 6) is 0.929. The molecule has 0 unspecified atom stereocenters. The van der Waals surface area contributed by atoms with Crippen LogP contribution in [0.2, 0.25) is 0 Å². The molecule has 3 heteroatoms. The number of hydrogen-bond donors (Lipinski definition) is 2. The van der Waals surface area contributed by atoms with Crippen LogP contribution in [-0.4, -0.2) is 18.1 Å². The molecular formula is C13H21N3. The smallest absolute Gasteiger partial charge is 0.127 e. The Labute approximate surface area is 97.7 Å². The minimum absolute atomic E-state index is 0.648. The number of anilines is 2. The first-order chi connectivity index (χ1) is 7.88. The molecule has 0 amide bonds. The topological polar surface area (TPSA) is 37.0 Å². The highest BCUT2D eigenvalue weighted by Crippen LogP contribution is 2.21. The zero-order valence-corrected chi connectivity index (χ0v) is 10.00. The predicted octanol–water partition coefficient (Wildman–Crippen LogP) is 3.26. The first kappa shape index (κ1) is 11.2. The summed E-state index contributed by atoms with van der Waals surface area (Å²) in [4.78, 5) is 4.22. The number of hydrogen-bond acceptors (Lipinski definition) is 3. The monoisotopic (exact) mass is 219 g/mol. The van der Waals surface area contributed by atoms with E-state index in [-0.39, 0.29) is 0 Å². The molecule has 1 aromatic rings. The summed E-state index contributed by atoms with van der Waals surface area (Å²) in [5, 5.41) is 6.68. The summed E-state index contributed by atoms with van der Waals surface area (Å²) in [6.07, 6.45) is 9.98. The lowest BCUT2D eigenvalue weighted by Gasteiger charge is -2.17. The van der Waals surface area contributed by atoms with Crippen LogP contribution in [0.3, 0.4) is 0 Å². The van der Waals surface area contributed by atoms with Crippen LogP contribution in [0, 0.1) is 0 Å². The Morgan fingerprint density at radius 2 is 1.94 bits per heavy atom. The van der Waals surface area contributed by atoms with Gasteiger partial charge in [0.25, 0.3) is 0 Å². The molecule has 1 aliphatic carbocycles. The van der Waals surface area contributed by atoms with E-state index in [1.807, 2.05) is 19.3 Å². The Hall–Kier alpha value is -1.25. The van der Waals surface area contributed by atoms with Gasteiger partial charge in [-0.15, -0.1) is 0 Å². The molecule has 2 N–H and O–H groups in total. The van der Waals surface area contributed by atoms with Crippen molar-refractivity contribution in [3.8, 4) is 0 Å². The van der Waals surface area contributed by atoms with Crippen molar-refractivity contribution in [3.63, 3.8) is 0 Å². The summed E-state index contributed by atoms with van der Waals surface area (Å²) >= 11 is 0. The molecule has 2 rings (SSSR count). The van der Waals surface area contributed by atoms with Crippen LogP contribution < -0.4 is 10.6 Å². The van der Waals surface area contributed by atoms with Gasteiger partial charge < -0.3 is 10.6 Å². The molecule has 0 bridgehead atoms. The number of aromatic nitrogens is 1. The maximum atomic E-state index is 4.22. The molecule has 0 aliphatic heterocycles. The molecule has 1 heterocycles. The summed E-state index contributed by atoms with van der Waals surface area (Å²) < 4.78 is 0. The molecular weight excluding hydrogens is 198 g/mol. The zero-order valence-electron chi connectivity index (χ0n) is 10.00. The molecule has 1 aromatic heterocycles. The molecule has 1 fully saturated rings. The van der Waals surface area contributed by atoms with Gasteiger partial charge in [0.2, 0.25) is 0 Å². The lowest BCUT2D eigenvalue weighted by Crippen LogP contribution is -2.18. The SMILES string of the molecule is CNc1cc(NC2CCCCCC2)ccn1. The van der Waals surface area contributed by atoms with Gasteiger partial charge in [0.15, 0.2) is 0 Å². The van der Waals surface area contributed by atoms with E-state index in [0.717, 1.165) is 5.82 Å². The van der Waals surface area contributed by atoms with Gasteiger partial charge in [-0.05, 0) is 18.9 Å². The molecule has 3 nitrogen and oxygen atoms in total. The van der Waals surface area contributed by atoms with E-state index in [0.29, 0.717) is 6.04 Å². The second kappa shape index (κ2) is 5.73. The van der Waals surface area contributed by atoms with E-state index >= 15 is 0 Å². The summed E-state index contributed by atoms with van der Waals surface area (Å²) in [6.45, 7) is 0. The van der Waals surface area contributed by atoms with Crippen molar-refractivity contribution in [1.29, 1.82) is 0 Å². The Morgan fingerprint density at radius 3 is 2.62 bits per heavy atom. The van der Waals surface area contributed by atoms with Gasteiger partial charge in [-0.3, -0.25) is 0 Å². The van der Waals surface area contributed by atoms with E-state index in [4.69, 9.17) is 0 Å². The Balaban J connectivity index is 1.96. The third kappa shape index (κ3) is 3.12. The van der Waals surface area contributed by atoms with Crippen LogP contribution in [0.5, 0.6) is 0 Å². The fourth-order valence-corrected chi connectivity index (χ4v) is 2.32. The van der Waals surface area contributed by atoms with Crippen molar-refractivity contribution in [3.05, 3.63) is 18.3 Å². The maximum Gasteiger partial charge on any atom is 0.127 e. The van der Waals surface area contributed by atoms with E-state index in [1.54, 1.807) is 0 Å². The van der Waals surface area contributed by atoms with Crippen LogP contribution in [-0.2, 0) is 0 Å². The molecule has 88 valence electrons. The van der Waals surface area contributed by atoms with Gasteiger partial charge >= 0.3 is 0 Å². The molecule has 1 saturated carbocycles. The molecule has 0 radical (unpaired) electrons. The molecule has 0 atom stereocenters. The van der Waals surface area contributed by atoms with Crippen molar-refractivity contribution < 1.29 is 0 Å². The first-order valence-corrected chi connectivity index (χ1v) is 6.29. The van der Waals surface area contributed by atoms with Crippen molar-refractivity contribution in [2.45, 2.75) is 44.6 Å². The normalized spacial score (nSPS) is 17.8. The lowest BCUT2D eigenvalue weighted by molar-refractivity contribution is 0.620. The van der Waals surface area contributed by atoms with Gasteiger partial charge in [-0.2, -0.15) is 0 Å². The minimum atomic E-state index is 0.648. The molecule has 1 aliphatic rings. The highest BCUT2D eigenvalue weighted by atomic mass is 15.0. The van der Waals surface area contributed by atoms with Gasteiger partial charge in [0, 0.05) is 31.0 Å². The largest absolute Gasteiger partial charge is 0.382 e. The standard InChI is InChI=1S/C13H21N3/c1-14-13-10-12(8-9-15-13)16-11-6-4-2-3-5-7-11/h8-11H,2-7H2,1H3,(H2,14,15,16). The highest BCUT2D eigenvalue weighted by molar-refractivity contribution is 5.52. The number of nitrogens with zero attached hydrogens (tertiary/aromatic N) is 1. The second-order valence-electron chi connectivity index (χ2n) is 4.51. The highest BCUT2D eigenvalue weighted by Gasteiger charge is 2.11. The maximum absolute atomic E-state index is 4.22. The molecule has 16 heavy (non-hydrogen) atoms. The van der Waals surface area contributed by atoms with Crippen molar-refractivity contribution in [1.82, 2.24) is 4.98 Å². The fraction of sp³-hybridized carbons (Fsp3) is 0.615. The van der Waals surface area contributed by atoms with Crippen LogP contribution in [0.15, 0.2) is 18.3 Å². The van der Waals surface area contributed by atoms with Crippen molar-refractivity contribution >= 4 is 11.5 Å². The Kier molecular flexibility index (Phi) is 4.03. The second-order valence-corrected chi connectivity index (χ2v) is 4.51.